The molecule has 3 rings (SSSR count). The van der Waals surface area contributed by atoms with E-state index in [-0.39, 0.29) is 5.92 Å². The van der Waals surface area contributed by atoms with Gasteiger partial charge in [0, 0.05) is 29.7 Å². The number of hydrogen-bond donors (Lipinski definition) is 0. The molecule has 2 aromatic rings. The second-order valence-electron chi connectivity index (χ2n) is 5.20. The van der Waals surface area contributed by atoms with Crippen LogP contribution in [0.5, 0.6) is 0 Å². The van der Waals surface area contributed by atoms with Gasteiger partial charge in [-0.2, -0.15) is 5.26 Å². The fourth-order valence-corrected chi connectivity index (χ4v) is 3.58. The first kappa shape index (κ1) is 13.3. The van der Waals surface area contributed by atoms with Crippen LogP contribution in [0.2, 0.25) is 0 Å². The van der Waals surface area contributed by atoms with Crippen molar-refractivity contribution in [1.29, 1.82) is 5.26 Å². The van der Waals surface area contributed by atoms with E-state index < -0.39 is 0 Å². The van der Waals surface area contributed by atoms with Gasteiger partial charge in [-0.3, -0.25) is 4.90 Å². The minimum Gasteiger partial charge on any atom is -0.297 e. The quantitative estimate of drug-likeness (QED) is 0.865. The Bertz CT molecular complexity index is 600. The van der Waals surface area contributed by atoms with Crippen molar-refractivity contribution in [2.75, 3.05) is 13.1 Å². The molecule has 102 valence electrons. The number of likely N-dealkylation sites (tertiary alicyclic amines) is 1. The van der Waals surface area contributed by atoms with Gasteiger partial charge in [-0.15, -0.1) is 11.3 Å². The smallest absolute Gasteiger partial charge is 0.123 e. The van der Waals surface area contributed by atoms with Crippen LogP contribution in [0, 0.1) is 17.2 Å². The van der Waals surface area contributed by atoms with Crippen LogP contribution in [-0.2, 0) is 6.54 Å². The van der Waals surface area contributed by atoms with Crippen LogP contribution in [0.15, 0.2) is 36.5 Å². The van der Waals surface area contributed by atoms with E-state index in [2.05, 4.69) is 28.1 Å². The third-order valence-corrected chi connectivity index (χ3v) is 4.67. The van der Waals surface area contributed by atoms with Crippen molar-refractivity contribution < 1.29 is 0 Å². The lowest BCUT2D eigenvalue weighted by Gasteiger charge is -2.28. The standard InChI is InChI=1S/C16H17N3S/c17-9-13-5-4-8-19(11-13)12-15-10-18-16(20-15)14-6-2-1-3-7-14/h1-3,6-7,10,13H,4-5,8,11-12H2/t13-/m0/s1. The van der Waals surface area contributed by atoms with Crippen molar-refractivity contribution in [3.05, 3.63) is 41.4 Å². The van der Waals surface area contributed by atoms with Crippen LogP contribution in [0.3, 0.4) is 0 Å². The molecule has 0 saturated carbocycles. The van der Waals surface area contributed by atoms with Crippen molar-refractivity contribution in [3.8, 4) is 16.6 Å². The third kappa shape index (κ3) is 3.06. The lowest BCUT2D eigenvalue weighted by Crippen LogP contribution is -2.34. The van der Waals surface area contributed by atoms with E-state index in [4.69, 9.17) is 5.26 Å². The predicted molar refractivity (Wildman–Crippen MR) is 81.2 cm³/mol. The molecule has 0 radical (unpaired) electrons. The SMILES string of the molecule is N#C[C@@H]1CCCN(Cc2cnc(-c3ccccc3)s2)C1. The highest BCUT2D eigenvalue weighted by atomic mass is 32.1. The van der Waals surface area contributed by atoms with E-state index in [1.807, 2.05) is 24.4 Å². The summed E-state index contributed by atoms with van der Waals surface area (Å²) in [6, 6.07) is 12.7. The Labute approximate surface area is 123 Å². The monoisotopic (exact) mass is 283 g/mol. The maximum absolute atomic E-state index is 9.04. The molecule has 1 fully saturated rings. The lowest BCUT2D eigenvalue weighted by molar-refractivity contribution is 0.193. The molecule has 1 aromatic heterocycles. The van der Waals surface area contributed by atoms with Gasteiger partial charge in [-0.05, 0) is 19.4 Å². The third-order valence-electron chi connectivity index (χ3n) is 3.64. The summed E-state index contributed by atoms with van der Waals surface area (Å²) in [7, 11) is 0. The van der Waals surface area contributed by atoms with Gasteiger partial charge in [0.05, 0.1) is 12.0 Å². The van der Waals surface area contributed by atoms with Crippen LogP contribution < -0.4 is 0 Å². The molecule has 20 heavy (non-hydrogen) atoms. The highest BCUT2D eigenvalue weighted by molar-refractivity contribution is 7.15. The molecular weight excluding hydrogens is 266 g/mol. The molecule has 4 heteroatoms. The lowest BCUT2D eigenvalue weighted by atomic mass is 10.00. The summed E-state index contributed by atoms with van der Waals surface area (Å²) in [4.78, 5) is 8.17. The molecule has 0 N–H and O–H groups in total. The van der Waals surface area contributed by atoms with Crippen molar-refractivity contribution in [1.82, 2.24) is 9.88 Å². The zero-order valence-corrected chi connectivity index (χ0v) is 12.1. The van der Waals surface area contributed by atoms with Gasteiger partial charge < -0.3 is 0 Å². The molecule has 1 saturated heterocycles. The molecule has 3 nitrogen and oxygen atoms in total. The Morgan fingerprint density at radius 3 is 3.00 bits per heavy atom. The molecule has 0 bridgehead atoms. The molecule has 0 unspecified atom stereocenters. The number of benzene rings is 1. The minimum absolute atomic E-state index is 0.199. The Hall–Kier alpha value is -1.70. The van der Waals surface area contributed by atoms with Crippen molar-refractivity contribution in [3.63, 3.8) is 0 Å². The van der Waals surface area contributed by atoms with Gasteiger partial charge in [-0.25, -0.2) is 4.98 Å². The van der Waals surface area contributed by atoms with E-state index >= 15 is 0 Å². The molecule has 0 spiro atoms. The van der Waals surface area contributed by atoms with Gasteiger partial charge in [0.15, 0.2) is 0 Å². The number of thiazole rings is 1. The Morgan fingerprint density at radius 1 is 1.35 bits per heavy atom. The highest BCUT2D eigenvalue weighted by Gasteiger charge is 2.20. The number of piperidine rings is 1. The normalized spacial score (nSPS) is 19.6. The van der Waals surface area contributed by atoms with Gasteiger partial charge in [0.25, 0.3) is 0 Å². The number of rotatable bonds is 3. The first-order valence-electron chi connectivity index (χ1n) is 6.97. The fourth-order valence-electron chi connectivity index (χ4n) is 2.62. The summed E-state index contributed by atoms with van der Waals surface area (Å²) in [5.41, 5.74) is 1.18. The summed E-state index contributed by atoms with van der Waals surface area (Å²) in [5.74, 6) is 0.199. The van der Waals surface area contributed by atoms with Gasteiger partial charge >= 0.3 is 0 Å². The maximum atomic E-state index is 9.04. The largest absolute Gasteiger partial charge is 0.297 e. The summed E-state index contributed by atoms with van der Waals surface area (Å²) in [6.07, 6.45) is 4.15. The Morgan fingerprint density at radius 2 is 2.20 bits per heavy atom. The van der Waals surface area contributed by atoms with Crippen molar-refractivity contribution in [2.45, 2.75) is 19.4 Å². The average Bonchev–Trinajstić information content (AvgIpc) is 2.97. The summed E-state index contributed by atoms with van der Waals surface area (Å²) in [5, 5.41) is 10.1. The summed E-state index contributed by atoms with van der Waals surface area (Å²) < 4.78 is 0. The van der Waals surface area contributed by atoms with Crippen LogP contribution in [0.4, 0.5) is 0 Å². The Kier molecular flexibility index (Phi) is 4.10. The molecule has 1 aromatic carbocycles. The first-order chi connectivity index (χ1) is 9.85. The zero-order chi connectivity index (χ0) is 13.8. The van der Waals surface area contributed by atoms with Crippen LogP contribution >= 0.6 is 11.3 Å². The van der Waals surface area contributed by atoms with E-state index in [0.717, 1.165) is 37.5 Å². The molecule has 1 aliphatic rings. The van der Waals surface area contributed by atoms with Gasteiger partial charge in [0.2, 0.25) is 0 Å². The second kappa shape index (κ2) is 6.17. The molecular formula is C16H17N3S. The van der Waals surface area contributed by atoms with Crippen LogP contribution in [0.1, 0.15) is 17.7 Å². The van der Waals surface area contributed by atoms with E-state index in [9.17, 15) is 0 Å². The van der Waals surface area contributed by atoms with E-state index in [1.54, 1.807) is 11.3 Å². The van der Waals surface area contributed by atoms with Gasteiger partial charge in [0.1, 0.15) is 5.01 Å². The number of nitriles is 1. The molecule has 0 aliphatic carbocycles. The number of hydrogen-bond acceptors (Lipinski definition) is 4. The Balaban J connectivity index is 1.67. The molecule has 1 atom stereocenters. The minimum atomic E-state index is 0.199. The van der Waals surface area contributed by atoms with Crippen molar-refractivity contribution >= 4 is 11.3 Å². The fraction of sp³-hybridized carbons (Fsp3) is 0.375. The predicted octanol–water partition coefficient (Wildman–Crippen LogP) is 3.55. The topological polar surface area (TPSA) is 39.9 Å². The molecule has 1 aliphatic heterocycles. The highest BCUT2D eigenvalue weighted by Crippen LogP contribution is 2.26. The summed E-state index contributed by atoms with van der Waals surface area (Å²) >= 11 is 1.75. The summed E-state index contributed by atoms with van der Waals surface area (Å²) in [6.45, 7) is 2.91. The van der Waals surface area contributed by atoms with Crippen LogP contribution in [-0.4, -0.2) is 23.0 Å². The second-order valence-corrected chi connectivity index (χ2v) is 6.32. The van der Waals surface area contributed by atoms with E-state index in [1.165, 1.54) is 10.4 Å². The molecule has 0 amide bonds. The first-order valence-corrected chi connectivity index (χ1v) is 7.79. The molecule has 2 heterocycles. The average molecular weight is 283 g/mol. The maximum Gasteiger partial charge on any atom is 0.123 e. The van der Waals surface area contributed by atoms with E-state index in [0.29, 0.717) is 0 Å². The van der Waals surface area contributed by atoms with Crippen molar-refractivity contribution in [2.24, 2.45) is 5.92 Å². The van der Waals surface area contributed by atoms with Crippen LogP contribution in [0.25, 0.3) is 10.6 Å². The van der Waals surface area contributed by atoms with Gasteiger partial charge in [-0.1, -0.05) is 30.3 Å². The number of aromatic nitrogens is 1. The number of nitrogens with zero attached hydrogens (tertiary/aromatic N) is 3. The zero-order valence-electron chi connectivity index (χ0n) is 11.3.